The third kappa shape index (κ3) is 3.73. The van der Waals surface area contributed by atoms with E-state index in [1.807, 2.05) is 6.92 Å². The number of rotatable bonds is 5. The first-order chi connectivity index (χ1) is 9.61. The van der Waals surface area contributed by atoms with E-state index in [9.17, 15) is 9.18 Å². The molecule has 0 aliphatic carbocycles. The normalized spacial score (nSPS) is 21.1. The molecule has 2 rings (SSSR count). The lowest BCUT2D eigenvalue weighted by molar-refractivity contribution is -0.119. The van der Waals surface area contributed by atoms with Gasteiger partial charge >= 0.3 is 0 Å². The molecule has 1 aromatic carbocycles. The number of amides is 1. The maximum atomic E-state index is 13.3. The van der Waals surface area contributed by atoms with Crippen LogP contribution in [0.15, 0.2) is 24.3 Å². The van der Waals surface area contributed by atoms with Crippen molar-refractivity contribution in [1.29, 1.82) is 0 Å². The Morgan fingerprint density at radius 1 is 1.55 bits per heavy atom. The molecule has 1 aromatic rings. The van der Waals surface area contributed by atoms with Gasteiger partial charge in [-0.3, -0.25) is 4.79 Å². The predicted octanol–water partition coefficient (Wildman–Crippen LogP) is 2.68. The number of nitrogens with zero attached hydrogens (tertiary/aromatic N) is 1. The quantitative estimate of drug-likeness (QED) is 0.908. The molecule has 1 fully saturated rings. The van der Waals surface area contributed by atoms with Crippen molar-refractivity contribution in [1.82, 2.24) is 0 Å². The van der Waals surface area contributed by atoms with Crippen LogP contribution >= 0.6 is 11.8 Å². The lowest BCUT2D eigenvalue weighted by atomic mass is 10.1. The maximum Gasteiger partial charge on any atom is 0.240 e. The molecule has 1 amide bonds. The number of piperidine rings is 1. The van der Waals surface area contributed by atoms with Gasteiger partial charge in [0.05, 0.1) is 5.25 Å². The summed E-state index contributed by atoms with van der Waals surface area (Å²) >= 11 is 1.60. The van der Waals surface area contributed by atoms with Gasteiger partial charge in [-0.05, 0) is 42.7 Å². The lowest BCUT2D eigenvalue weighted by Gasteiger charge is -2.32. The molecule has 1 aliphatic heterocycles. The van der Waals surface area contributed by atoms with Crippen molar-refractivity contribution in [2.45, 2.75) is 25.0 Å². The molecular formula is C15H20FNO2S. The summed E-state index contributed by atoms with van der Waals surface area (Å²) in [7, 11) is 0. The predicted molar refractivity (Wildman–Crippen MR) is 80.5 cm³/mol. The number of halogens is 1. The monoisotopic (exact) mass is 297 g/mol. The second-order valence-corrected chi connectivity index (χ2v) is 6.46. The standard InChI is InChI=1S/C15H20FNO2S/c1-11(9-18)10-20-14-6-3-7-17(15(14)19)13-5-2-4-12(16)8-13/h2,4-5,8,11,14,18H,3,6-7,9-10H2,1H3/t11-,14-/m1/s1. The molecule has 0 saturated carbocycles. The number of aliphatic hydroxyl groups excluding tert-OH is 1. The highest BCUT2D eigenvalue weighted by Gasteiger charge is 2.30. The Morgan fingerprint density at radius 3 is 3.05 bits per heavy atom. The van der Waals surface area contributed by atoms with Gasteiger partial charge in [0, 0.05) is 18.8 Å². The molecule has 1 aliphatic rings. The molecule has 1 heterocycles. The molecule has 1 saturated heterocycles. The molecule has 20 heavy (non-hydrogen) atoms. The van der Waals surface area contributed by atoms with Crippen molar-refractivity contribution < 1.29 is 14.3 Å². The molecule has 0 bridgehead atoms. The first-order valence-corrected chi connectivity index (χ1v) is 7.96. The molecule has 2 atom stereocenters. The lowest BCUT2D eigenvalue weighted by Crippen LogP contribution is -2.43. The number of aliphatic hydroxyl groups is 1. The van der Waals surface area contributed by atoms with Crippen LogP contribution in [0, 0.1) is 11.7 Å². The Morgan fingerprint density at radius 2 is 2.35 bits per heavy atom. The summed E-state index contributed by atoms with van der Waals surface area (Å²) in [4.78, 5) is 14.1. The Hall–Kier alpha value is -1.07. The number of hydrogen-bond donors (Lipinski definition) is 1. The third-order valence-electron chi connectivity index (χ3n) is 3.40. The van der Waals surface area contributed by atoms with Crippen molar-refractivity contribution in [2.24, 2.45) is 5.92 Å². The van der Waals surface area contributed by atoms with Gasteiger partial charge < -0.3 is 10.0 Å². The van der Waals surface area contributed by atoms with Gasteiger partial charge in [0.2, 0.25) is 5.91 Å². The van der Waals surface area contributed by atoms with Gasteiger partial charge in [0.1, 0.15) is 5.82 Å². The van der Waals surface area contributed by atoms with E-state index in [1.165, 1.54) is 12.1 Å². The summed E-state index contributed by atoms with van der Waals surface area (Å²) in [5.41, 5.74) is 0.635. The van der Waals surface area contributed by atoms with Gasteiger partial charge in [0.15, 0.2) is 0 Å². The Kier molecular flexibility index (Phi) is 5.43. The number of anilines is 1. The molecular weight excluding hydrogens is 277 g/mol. The molecule has 0 spiro atoms. The highest BCUT2D eigenvalue weighted by molar-refractivity contribution is 8.00. The summed E-state index contributed by atoms with van der Waals surface area (Å²) in [6.45, 7) is 2.75. The number of hydrogen-bond acceptors (Lipinski definition) is 3. The maximum absolute atomic E-state index is 13.3. The van der Waals surface area contributed by atoms with Crippen LogP contribution in [0.3, 0.4) is 0 Å². The van der Waals surface area contributed by atoms with Crippen LogP contribution in [0.2, 0.25) is 0 Å². The number of thioether (sulfide) groups is 1. The Labute approximate surface area is 123 Å². The SMILES string of the molecule is C[C@H](CO)CS[C@@H]1CCCN(c2cccc(F)c2)C1=O. The highest BCUT2D eigenvalue weighted by Crippen LogP contribution is 2.29. The van der Waals surface area contributed by atoms with E-state index in [0.29, 0.717) is 12.2 Å². The van der Waals surface area contributed by atoms with Crippen LogP contribution in [0.5, 0.6) is 0 Å². The average molecular weight is 297 g/mol. The Balaban J connectivity index is 2.03. The van der Waals surface area contributed by atoms with E-state index in [-0.39, 0.29) is 29.5 Å². The minimum absolute atomic E-state index is 0.0528. The van der Waals surface area contributed by atoms with Gasteiger partial charge in [-0.2, -0.15) is 0 Å². The second kappa shape index (κ2) is 7.09. The van der Waals surface area contributed by atoms with Crippen molar-refractivity contribution in [3.63, 3.8) is 0 Å². The zero-order valence-electron chi connectivity index (χ0n) is 11.6. The smallest absolute Gasteiger partial charge is 0.240 e. The van der Waals surface area contributed by atoms with Gasteiger partial charge in [-0.25, -0.2) is 4.39 Å². The first-order valence-electron chi connectivity index (χ1n) is 6.91. The average Bonchev–Trinajstić information content (AvgIpc) is 2.45. The van der Waals surface area contributed by atoms with E-state index in [1.54, 1.807) is 28.8 Å². The summed E-state index contributed by atoms with van der Waals surface area (Å²) in [5, 5.41) is 8.96. The van der Waals surface area contributed by atoms with Crippen molar-refractivity contribution in [3.05, 3.63) is 30.1 Å². The fourth-order valence-electron chi connectivity index (χ4n) is 2.23. The number of carbonyl (C=O) groups is 1. The van der Waals surface area contributed by atoms with Crippen LogP contribution in [-0.4, -0.2) is 35.2 Å². The van der Waals surface area contributed by atoms with Crippen LogP contribution in [-0.2, 0) is 4.79 Å². The fourth-order valence-corrected chi connectivity index (χ4v) is 3.50. The largest absolute Gasteiger partial charge is 0.396 e. The second-order valence-electron chi connectivity index (χ2n) is 5.22. The summed E-state index contributed by atoms with van der Waals surface area (Å²) < 4.78 is 13.3. The molecule has 3 nitrogen and oxygen atoms in total. The molecule has 0 unspecified atom stereocenters. The van der Waals surface area contributed by atoms with Crippen LogP contribution in [0.4, 0.5) is 10.1 Å². The molecule has 0 radical (unpaired) electrons. The summed E-state index contributed by atoms with van der Waals surface area (Å²) in [6, 6.07) is 6.18. The highest BCUT2D eigenvalue weighted by atomic mass is 32.2. The molecule has 0 aromatic heterocycles. The Bertz CT molecular complexity index is 469. The summed E-state index contributed by atoms with van der Waals surface area (Å²) in [6.07, 6.45) is 1.78. The van der Waals surface area contributed by atoms with Crippen molar-refractivity contribution in [3.8, 4) is 0 Å². The minimum atomic E-state index is -0.320. The van der Waals surface area contributed by atoms with Crippen LogP contribution in [0.1, 0.15) is 19.8 Å². The van der Waals surface area contributed by atoms with Gasteiger partial charge in [-0.1, -0.05) is 13.0 Å². The topological polar surface area (TPSA) is 40.5 Å². The van der Waals surface area contributed by atoms with Crippen LogP contribution in [0.25, 0.3) is 0 Å². The van der Waals surface area contributed by atoms with Gasteiger partial charge in [-0.15, -0.1) is 11.8 Å². The van der Waals surface area contributed by atoms with E-state index in [0.717, 1.165) is 18.6 Å². The number of carbonyl (C=O) groups excluding carboxylic acids is 1. The number of benzene rings is 1. The minimum Gasteiger partial charge on any atom is -0.396 e. The molecule has 110 valence electrons. The van der Waals surface area contributed by atoms with Crippen LogP contribution < -0.4 is 4.90 Å². The summed E-state index contributed by atoms with van der Waals surface area (Å²) in [5.74, 6) is 0.692. The molecule has 1 N–H and O–H groups in total. The van der Waals surface area contributed by atoms with E-state index < -0.39 is 0 Å². The van der Waals surface area contributed by atoms with E-state index in [4.69, 9.17) is 5.11 Å². The third-order valence-corrected chi connectivity index (χ3v) is 5.00. The zero-order valence-corrected chi connectivity index (χ0v) is 12.4. The fraction of sp³-hybridized carbons (Fsp3) is 0.533. The van der Waals surface area contributed by atoms with Gasteiger partial charge in [0.25, 0.3) is 0 Å². The van der Waals surface area contributed by atoms with Crippen molar-refractivity contribution >= 4 is 23.4 Å². The zero-order chi connectivity index (χ0) is 14.5. The van der Waals surface area contributed by atoms with Crippen molar-refractivity contribution in [2.75, 3.05) is 23.8 Å². The van der Waals surface area contributed by atoms with E-state index >= 15 is 0 Å². The first kappa shape index (κ1) is 15.3. The van der Waals surface area contributed by atoms with E-state index in [2.05, 4.69) is 0 Å². The molecule has 5 heteroatoms.